The summed E-state index contributed by atoms with van der Waals surface area (Å²) in [7, 11) is 0. The van der Waals surface area contributed by atoms with Crippen LogP contribution in [0, 0.1) is 10.1 Å². The molecule has 0 amide bonds. The van der Waals surface area contributed by atoms with Gasteiger partial charge in [-0.1, -0.05) is 26.8 Å². The summed E-state index contributed by atoms with van der Waals surface area (Å²) in [6.07, 6.45) is 6.17. The molecule has 0 unspecified atom stereocenters. The van der Waals surface area contributed by atoms with Crippen molar-refractivity contribution in [2.24, 2.45) is 0 Å². The van der Waals surface area contributed by atoms with Crippen molar-refractivity contribution in [2.75, 3.05) is 0 Å². The molecule has 3 nitrogen and oxygen atoms in total. The number of allylic oxidation sites excluding steroid dienone is 3. The minimum atomic E-state index is -0.297. The molecule has 0 aliphatic heterocycles. The average molecular weight is 183 g/mol. The lowest BCUT2D eigenvalue weighted by Gasteiger charge is -2.05. The quantitative estimate of drug-likeness (QED) is 0.487. The highest BCUT2D eigenvalue weighted by Gasteiger charge is 2.16. The largest absolute Gasteiger partial charge is 0.268 e. The molecule has 0 heterocycles. The fourth-order valence-electron chi connectivity index (χ4n) is 1.23. The van der Waals surface area contributed by atoms with Gasteiger partial charge in [0.1, 0.15) is 0 Å². The Labute approximate surface area is 79.3 Å². The van der Waals surface area contributed by atoms with Crippen molar-refractivity contribution in [1.82, 2.24) is 0 Å². The van der Waals surface area contributed by atoms with Gasteiger partial charge in [-0.05, 0) is 25.3 Å². The molecule has 13 heavy (non-hydrogen) atoms. The van der Waals surface area contributed by atoms with Crippen LogP contribution in [0.15, 0.2) is 23.4 Å². The molecule has 0 saturated carbocycles. The van der Waals surface area contributed by atoms with E-state index in [1.165, 1.54) is 0 Å². The van der Waals surface area contributed by atoms with Crippen molar-refractivity contribution >= 4 is 0 Å². The molecule has 0 N–H and O–H groups in total. The number of rotatable bonds is 2. The number of nitrogens with zero attached hydrogens (tertiary/aromatic N) is 1. The minimum absolute atomic E-state index is 0.297. The molecule has 0 aromatic heterocycles. The highest BCUT2D eigenvalue weighted by Crippen LogP contribution is 2.21. The van der Waals surface area contributed by atoms with E-state index in [9.17, 15) is 10.1 Å². The predicted molar refractivity (Wildman–Crippen MR) is 54.0 cm³/mol. The number of nitro groups is 1. The highest BCUT2D eigenvalue weighted by molar-refractivity contribution is 5.27. The molecule has 0 spiro atoms. The summed E-state index contributed by atoms with van der Waals surface area (Å²) in [5.41, 5.74) is 1.18. The lowest BCUT2D eigenvalue weighted by Crippen LogP contribution is -2.04. The van der Waals surface area contributed by atoms with Gasteiger partial charge in [-0.3, -0.25) is 10.1 Å². The van der Waals surface area contributed by atoms with Crippen LogP contribution in [0.3, 0.4) is 0 Å². The third kappa shape index (κ3) is 3.40. The van der Waals surface area contributed by atoms with E-state index < -0.39 is 0 Å². The standard InChI is InChI=1S/C8H11NO2.C2H6/c1-2-7-5-3-4-6-8(7)9(10)11;1-2/h5-6H,2-4H2,1H3;1-2H3. The van der Waals surface area contributed by atoms with Crippen LogP contribution < -0.4 is 0 Å². The van der Waals surface area contributed by atoms with Gasteiger partial charge in [-0.25, -0.2) is 0 Å². The maximum Gasteiger partial charge on any atom is 0.268 e. The van der Waals surface area contributed by atoms with Crippen LogP contribution in [-0.4, -0.2) is 4.92 Å². The average Bonchev–Trinajstić information content (AvgIpc) is 2.20. The van der Waals surface area contributed by atoms with E-state index in [4.69, 9.17) is 0 Å². The van der Waals surface area contributed by atoms with Gasteiger partial charge in [0.2, 0.25) is 0 Å². The Morgan fingerprint density at radius 2 is 1.92 bits per heavy atom. The van der Waals surface area contributed by atoms with E-state index in [0.29, 0.717) is 5.70 Å². The first-order chi connectivity index (χ1) is 6.25. The van der Waals surface area contributed by atoms with Gasteiger partial charge in [0.15, 0.2) is 0 Å². The van der Waals surface area contributed by atoms with E-state index in [-0.39, 0.29) is 4.92 Å². The monoisotopic (exact) mass is 183 g/mol. The van der Waals surface area contributed by atoms with Crippen molar-refractivity contribution in [3.63, 3.8) is 0 Å². The van der Waals surface area contributed by atoms with Gasteiger partial charge < -0.3 is 0 Å². The SMILES string of the molecule is CC.CCC1=CCCC=C1[N+](=O)[O-]. The van der Waals surface area contributed by atoms with E-state index in [1.54, 1.807) is 6.08 Å². The Morgan fingerprint density at radius 1 is 1.38 bits per heavy atom. The second kappa shape index (κ2) is 6.40. The Hall–Kier alpha value is -1.12. The summed E-state index contributed by atoms with van der Waals surface area (Å²) in [5, 5.41) is 10.4. The Balaban J connectivity index is 0.000000671. The fourth-order valence-corrected chi connectivity index (χ4v) is 1.23. The van der Waals surface area contributed by atoms with Crippen molar-refractivity contribution in [2.45, 2.75) is 40.0 Å². The van der Waals surface area contributed by atoms with Gasteiger partial charge in [0.25, 0.3) is 5.70 Å². The van der Waals surface area contributed by atoms with Gasteiger partial charge >= 0.3 is 0 Å². The molecule has 3 heteroatoms. The van der Waals surface area contributed by atoms with Crippen molar-refractivity contribution < 1.29 is 4.92 Å². The summed E-state index contributed by atoms with van der Waals surface area (Å²) in [5.74, 6) is 0. The van der Waals surface area contributed by atoms with Crippen LogP contribution in [0.4, 0.5) is 0 Å². The smallest absolute Gasteiger partial charge is 0.258 e. The van der Waals surface area contributed by atoms with Crippen LogP contribution in [0.2, 0.25) is 0 Å². The fraction of sp³-hybridized carbons (Fsp3) is 0.600. The van der Waals surface area contributed by atoms with Crippen molar-refractivity contribution in [3.05, 3.63) is 33.5 Å². The normalized spacial score (nSPS) is 15.0. The van der Waals surface area contributed by atoms with Crippen molar-refractivity contribution in [1.29, 1.82) is 0 Å². The highest BCUT2D eigenvalue weighted by atomic mass is 16.6. The van der Waals surface area contributed by atoms with Crippen LogP contribution in [0.1, 0.15) is 40.0 Å². The Kier molecular flexibility index (Phi) is 5.85. The number of hydrogen-bond donors (Lipinski definition) is 0. The third-order valence-electron chi connectivity index (χ3n) is 1.80. The van der Waals surface area contributed by atoms with Crippen LogP contribution >= 0.6 is 0 Å². The molecular formula is C10H17NO2. The molecule has 1 rings (SSSR count). The summed E-state index contributed by atoms with van der Waals surface area (Å²) >= 11 is 0. The molecule has 0 atom stereocenters. The van der Waals surface area contributed by atoms with E-state index in [2.05, 4.69) is 0 Å². The maximum atomic E-state index is 10.4. The lowest BCUT2D eigenvalue weighted by molar-refractivity contribution is -0.421. The molecule has 0 saturated heterocycles. The topological polar surface area (TPSA) is 43.1 Å². The first-order valence-corrected chi connectivity index (χ1v) is 4.79. The van der Waals surface area contributed by atoms with E-state index in [1.807, 2.05) is 26.8 Å². The first kappa shape index (κ1) is 11.9. The van der Waals surface area contributed by atoms with Crippen LogP contribution in [-0.2, 0) is 0 Å². The van der Waals surface area contributed by atoms with Gasteiger partial charge in [0, 0.05) is 5.57 Å². The van der Waals surface area contributed by atoms with Crippen LogP contribution in [0.25, 0.3) is 0 Å². The first-order valence-electron chi connectivity index (χ1n) is 4.79. The summed E-state index contributed by atoms with van der Waals surface area (Å²) < 4.78 is 0. The Morgan fingerprint density at radius 3 is 2.31 bits per heavy atom. The number of hydrogen-bond acceptors (Lipinski definition) is 2. The molecule has 1 aliphatic carbocycles. The maximum absolute atomic E-state index is 10.4. The molecule has 74 valence electrons. The van der Waals surface area contributed by atoms with Gasteiger partial charge in [-0.2, -0.15) is 0 Å². The van der Waals surface area contributed by atoms with Gasteiger partial charge in [-0.15, -0.1) is 0 Å². The summed E-state index contributed by atoms with van der Waals surface area (Å²) in [4.78, 5) is 10.1. The zero-order valence-electron chi connectivity index (χ0n) is 8.54. The van der Waals surface area contributed by atoms with E-state index >= 15 is 0 Å². The predicted octanol–water partition coefficient (Wildman–Crippen LogP) is 3.30. The summed E-state index contributed by atoms with van der Waals surface area (Å²) in [6, 6.07) is 0. The molecule has 0 aromatic rings. The lowest BCUT2D eigenvalue weighted by atomic mass is 10.0. The Bertz CT molecular complexity index is 229. The molecule has 0 fully saturated rings. The minimum Gasteiger partial charge on any atom is -0.258 e. The van der Waals surface area contributed by atoms with E-state index in [0.717, 1.165) is 24.8 Å². The molecule has 0 bridgehead atoms. The van der Waals surface area contributed by atoms with Crippen molar-refractivity contribution in [3.8, 4) is 0 Å². The molecular weight excluding hydrogens is 166 g/mol. The second-order valence-corrected chi connectivity index (χ2v) is 2.51. The molecule has 0 aromatic carbocycles. The van der Waals surface area contributed by atoms with Gasteiger partial charge in [0.05, 0.1) is 4.92 Å². The third-order valence-corrected chi connectivity index (χ3v) is 1.80. The second-order valence-electron chi connectivity index (χ2n) is 2.51. The summed E-state index contributed by atoms with van der Waals surface area (Å²) in [6.45, 7) is 5.94. The van der Waals surface area contributed by atoms with Crippen LogP contribution in [0.5, 0.6) is 0 Å². The molecule has 1 aliphatic rings. The zero-order valence-corrected chi connectivity index (χ0v) is 8.54. The zero-order chi connectivity index (χ0) is 10.3. The molecule has 0 radical (unpaired) electrons.